The Morgan fingerprint density at radius 3 is 2.64 bits per heavy atom. The molecule has 1 aliphatic rings. The lowest BCUT2D eigenvalue weighted by Crippen LogP contribution is -2.17. The SMILES string of the molecule is COc1ccc(-c2cc(C)nc(C3CCN(C=O)C3)c2)cc1. The molecular weight excluding hydrogens is 276 g/mol. The monoisotopic (exact) mass is 296 g/mol. The molecule has 1 fully saturated rings. The predicted molar refractivity (Wildman–Crippen MR) is 86.0 cm³/mol. The molecule has 22 heavy (non-hydrogen) atoms. The summed E-state index contributed by atoms with van der Waals surface area (Å²) < 4.78 is 5.21. The average molecular weight is 296 g/mol. The van der Waals surface area contributed by atoms with E-state index in [4.69, 9.17) is 4.74 Å². The van der Waals surface area contributed by atoms with Gasteiger partial charge < -0.3 is 9.64 Å². The van der Waals surface area contributed by atoms with Gasteiger partial charge in [-0.1, -0.05) is 12.1 Å². The number of amides is 1. The van der Waals surface area contributed by atoms with Crippen LogP contribution in [0.15, 0.2) is 36.4 Å². The number of aryl methyl sites for hydroxylation is 1. The number of nitrogens with zero attached hydrogens (tertiary/aromatic N) is 2. The van der Waals surface area contributed by atoms with E-state index in [1.165, 1.54) is 0 Å². The van der Waals surface area contributed by atoms with Gasteiger partial charge in [0.1, 0.15) is 5.75 Å². The Balaban J connectivity index is 1.90. The molecule has 3 rings (SSSR count). The van der Waals surface area contributed by atoms with Crippen LogP contribution >= 0.6 is 0 Å². The van der Waals surface area contributed by atoms with Crippen LogP contribution in [0.4, 0.5) is 0 Å². The topological polar surface area (TPSA) is 42.4 Å². The van der Waals surface area contributed by atoms with E-state index >= 15 is 0 Å². The molecule has 0 spiro atoms. The number of hydrogen-bond acceptors (Lipinski definition) is 3. The van der Waals surface area contributed by atoms with Crippen LogP contribution in [0.3, 0.4) is 0 Å². The van der Waals surface area contributed by atoms with E-state index in [9.17, 15) is 4.79 Å². The van der Waals surface area contributed by atoms with Crippen molar-refractivity contribution >= 4 is 6.41 Å². The number of ether oxygens (including phenoxy) is 1. The summed E-state index contributed by atoms with van der Waals surface area (Å²) in [6.45, 7) is 3.60. The molecule has 4 heteroatoms. The molecule has 0 N–H and O–H groups in total. The molecule has 1 amide bonds. The second-order valence-corrected chi connectivity index (χ2v) is 5.74. The fourth-order valence-electron chi connectivity index (χ4n) is 2.98. The smallest absolute Gasteiger partial charge is 0.209 e. The third-order valence-electron chi connectivity index (χ3n) is 4.18. The summed E-state index contributed by atoms with van der Waals surface area (Å²) in [5.41, 5.74) is 4.40. The van der Waals surface area contributed by atoms with Crippen molar-refractivity contribution in [1.29, 1.82) is 0 Å². The maximum absolute atomic E-state index is 10.9. The highest BCUT2D eigenvalue weighted by atomic mass is 16.5. The minimum absolute atomic E-state index is 0.335. The highest BCUT2D eigenvalue weighted by molar-refractivity contribution is 5.65. The number of hydrogen-bond donors (Lipinski definition) is 0. The Hall–Kier alpha value is -2.36. The van der Waals surface area contributed by atoms with E-state index in [-0.39, 0.29) is 0 Å². The summed E-state index contributed by atoms with van der Waals surface area (Å²) in [6.07, 6.45) is 1.91. The van der Waals surface area contributed by atoms with Gasteiger partial charge in [-0.05, 0) is 48.7 Å². The van der Waals surface area contributed by atoms with Crippen molar-refractivity contribution in [2.45, 2.75) is 19.3 Å². The fourth-order valence-corrected chi connectivity index (χ4v) is 2.98. The molecular formula is C18H20N2O2. The van der Waals surface area contributed by atoms with Gasteiger partial charge in [-0.25, -0.2) is 0 Å². The van der Waals surface area contributed by atoms with Gasteiger partial charge in [0, 0.05) is 30.4 Å². The Morgan fingerprint density at radius 2 is 2.00 bits per heavy atom. The van der Waals surface area contributed by atoms with E-state index in [1.54, 1.807) is 7.11 Å². The molecule has 2 aromatic rings. The number of likely N-dealkylation sites (tertiary alicyclic amines) is 1. The van der Waals surface area contributed by atoms with Crippen LogP contribution in [0.5, 0.6) is 5.75 Å². The van der Waals surface area contributed by atoms with Gasteiger partial charge in [-0.3, -0.25) is 9.78 Å². The number of aromatic nitrogens is 1. The zero-order valence-electron chi connectivity index (χ0n) is 13.0. The minimum atomic E-state index is 0.335. The number of benzene rings is 1. The van der Waals surface area contributed by atoms with Crippen molar-refractivity contribution in [2.75, 3.05) is 20.2 Å². The van der Waals surface area contributed by atoms with E-state index in [0.29, 0.717) is 5.92 Å². The van der Waals surface area contributed by atoms with Crippen molar-refractivity contribution in [3.05, 3.63) is 47.8 Å². The van der Waals surface area contributed by atoms with Crippen molar-refractivity contribution in [1.82, 2.24) is 9.88 Å². The second kappa shape index (κ2) is 6.18. The van der Waals surface area contributed by atoms with E-state index in [0.717, 1.165) is 54.2 Å². The number of carbonyl (C=O) groups excluding carboxylic acids is 1. The Morgan fingerprint density at radius 1 is 1.23 bits per heavy atom. The van der Waals surface area contributed by atoms with Crippen molar-refractivity contribution in [3.63, 3.8) is 0 Å². The first kappa shape index (κ1) is 14.6. The van der Waals surface area contributed by atoms with Crippen LogP contribution in [0.25, 0.3) is 11.1 Å². The lowest BCUT2D eigenvalue weighted by Gasteiger charge is -2.13. The first-order chi connectivity index (χ1) is 10.7. The van der Waals surface area contributed by atoms with Crippen LogP contribution in [-0.2, 0) is 4.79 Å². The summed E-state index contributed by atoms with van der Waals surface area (Å²) in [5.74, 6) is 1.19. The molecule has 0 bridgehead atoms. The quantitative estimate of drug-likeness (QED) is 0.815. The average Bonchev–Trinajstić information content (AvgIpc) is 3.03. The molecule has 1 unspecified atom stereocenters. The normalized spacial score (nSPS) is 17.5. The van der Waals surface area contributed by atoms with Crippen LogP contribution in [0, 0.1) is 6.92 Å². The van der Waals surface area contributed by atoms with Gasteiger partial charge in [0.25, 0.3) is 0 Å². The fraction of sp³-hybridized carbons (Fsp3) is 0.333. The molecule has 114 valence electrons. The molecule has 1 saturated heterocycles. The lowest BCUT2D eigenvalue weighted by molar-refractivity contribution is -0.117. The van der Waals surface area contributed by atoms with Crippen LogP contribution < -0.4 is 4.74 Å². The molecule has 1 aromatic heterocycles. The number of carbonyl (C=O) groups is 1. The van der Waals surface area contributed by atoms with Crippen molar-refractivity contribution < 1.29 is 9.53 Å². The first-order valence-electron chi connectivity index (χ1n) is 7.52. The van der Waals surface area contributed by atoms with Gasteiger partial charge in [0.15, 0.2) is 0 Å². The summed E-state index contributed by atoms with van der Waals surface area (Å²) in [4.78, 5) is 17.4. The van der Waals surface area contributed by atoms with Gasteiger partial charge >= 0.3 is 0 Å². The molecule has 1 atom stereocenters. The molecule has 1 aromatic carbocycles. The van der Waals surface area contributed by atoms with E-state index in [2.05, 4.69) is 29.2 Å². The van der Waals surface area contributed by atoms with Crippen LogP contribution in [0.2, 0.25) is 0 Å². The standard InChI is InChI=1S/C18H20N2O2/c1-13-9-16(14-3-5-17(22-2)6-4-14)10-18(19-13)15-7-8-20(11-15)12-21/h3-6,9-10,12,15H,7-8,11H2,1-2H3. The summed E-state index contributed by atoms with van der Waals surface area (Å²) in [7, 11) is 1.67. The third kappa shape index (κ3) is 2.96. The van der Waals surface area contributed by atoms with Gasteiger partial charge in [-0.2, -0.15) is 0 Å². The summed E-state index contributed by atoms with van der Waals surface area (Å²) in [5, 5.41) is 0. The number of rotatable bonds is 4. The highest BCUT2D eigenvalue weighted by Gasteiger charge is 2.24. The summed E-state index contributed by atoms with van der Waals surface area (Å²) >= 11 is 0. The van der Waals surface area contributed by atoms with Crippen LogP contribution in [0.1, 0.15) is 23.7 Å². The van der Waals surface area contributed by atoms with E-state index < -0.39 is 0 Å². The number of methoxy groups -OCH3 is 1. The molecule has 4 nitrogen and oxygen atoms in total. The zero-order valence-corrected chi connectivity index (χ0v) is 13.0. The Kier molecular flexibility index (Phi) is 4.09. The van der Waals surface area contributed by atoms with Crippen molar-refractivity contribution in [2.24, 2.45) is 0 Å². The summed E-state index contributed by atoms with van der Waals surface area (Å²) in [6, 6.07) is 12.3. The van der Waals surface area contributed by atoms with Gasteiger partial charge in [0.05, 0.1) is 7.11 Å². The molecule has 0 saturated carbocycles. The second-order valence-electron chi connectivity index (χ2n) is 5.74. The molecule has 0 aliphatic carbocycles. The molecule has 0 radical (unpaired) electrons. The van der Waals surface area contributed by atoms with Crippen molar-refractivity contribution in [3.8, 4) is 16.9 Å². The molecule has 2 heterocycles. The maximum Gasteiger partial charge on any atom is 0.209 e. The van der Waals surface area contributed by atoms with Crippen LogP contribution in [-0.4, -0.2) is 36.5 Å². The zero-order chi connectivity index (χ0) is 15.5. The minimum Gasteiger partial charge on any atom is -0.497 e. The first-order valence-corrected chi connectivity index (χ1v) is 7.52. The molecule has 1 aliphatic heterocycles. The van der Waals surface area contributed by atoms with Gasteiger partial charge in [-0.15, -0.1) is 0 Å². The van der Waals surface area contributed by atoms with Gasteiger partial charge in [0.2, 0.25) is 6.41 Å². The maximum atomic E-state index is 10.9. The Bertz CT molecular complexity index is 667. The predicted octanol–water partition coefficient (Wildman–Crippen LogP) is 3.01. The number of pyridine rings is 1. The largest absolute Gasteiger partial charge is 0.497 e. The highest BCUT2D eigenvalue weighted by Crippen LogP contribution is 2.29. The van der Waals surface area contributed by atoms with E-state index in [1.807, 2.05) is 24.0 Å². The Labute approximate surface area is 130 Å². The third-order valence-corrected chi connectivity index (χ3v) is 4.18. The lowest BCUT2D eigenvalue weighted by atomic mass is 9.98.